The Morgan fingerprint density at radius 1 is 1.00 bits per heavy atom. The van der Waals surface area contributed by atoms with Crippen LogP contribution in [0.5, 0.6) is 0 Å². The summed E-state index contributed by atoms with van der Waals surface area (Å²) in [4.78, 5) is 49.6. The highest BCUT2D eigenvalue weighted by Gasteiger charge is 2.34. The van der Waals surface area contributed by atoms with Crippen LogP contribution < -0.4 is 5.32 Å². The summed E-state index contributed by atoms with van der Waals surface area (Å²) >= 11 is 0. The first-order valence-corrected chi connectivity index (χ1v) is 10.4. The van der Waals surface area contributed by atoms with Crippen LogP contribution in [0.3, 0.4) is 0 Å². The van der Waals surface area contributed by atoms with Crippen molar-refractivity contribution in [3.05, 3.63) is 65.7 Å². The number of ether oxygens (including phenoxy) is 2. The first-order chi connectivity index (χ1) is 15.8. The number of carbonyl (C=O) groups excluding carboxylic acids is 3. The first kappa shape index (κ1) is 25.4. The summed E-state index contributed by atoms with van der Waals surface area (Å²) in [7, 11) is 1.20. The number of carbonyl (C=O) groups is 4. The van der Waals surface area contributed by atoms with Gasteiger partial charge in [0.25, 0.3) is 0 Å². The molecule has 2 atom stereocenters. The lowest BCUT2D eigenvalue weighted by atomic mass is 10.0. The van der Waals surface area contributed by atoms with Crippen LogP contribution in [0.1, 0.15) is 31.4 Å². The fourth-order valence-electron chi connectivity index (χ4n) is 3.13. The van der Waals surface area contributed by atoms with Gasteiger partial charge in [0, 0.05) is 12.2 Å². The van der Waals surface area contributed by atoms with Gasteiger partial charge in [-0.15, -0.1) is 0 Å². The molecule has 2 amide bonds. The number of hydrogen-bond donors (Lipinski definition) is 2. The van der Waals surface area contributed by atoms with E-state index in [0.29, 0.717) is 11.3 Å². The topological polar surface area (TPSA) is 122 Å². The third-order valence-corrected chi connectivity index (χ3v) is 5.06. The second-order valence-corrected chi connectivity index (χ2v) is 7.35. The predicted molar refractivity (Wildman–Crippen MR) is 120 cm³/mol. The molecule has 0 aliphatic carbocycles. The Hall–Kier alpha value is -3.88. The smallest absolute Gasteiger partial charge is 0.411 e. The number of methoxy groups -OCH3 is 1. The molecule has 2 aromatic rings. The van der Waals surface area contributed by atoms with Crippen molar-refractivity contribution in [3.63, 3.8) is 0 Å². The molecule has 2 aromatic carbocycles. The minimum atomic E-state index is -1.27. The van der Waals surface area contributed by atoms with Gasteiger partial charge >= 0.3 is 18.0 Å². The number of esters is 1. The molecule has 0 fully saturated rings. The molecule has 0 aliphatic heterocycles. The lowest BCUT2D eigenvalue weighted by molar-refractivity contribution is -0.159. The van der Waals surface area contributed by atoms with Crippen LogP contribution in [-0.2, 0) is 37.0 Å². The lowest BCUT2D eigenvalue weighted by Crippen LogP contribution is -2.47. The Morgan fingerprint density at radius 3 is 2.18 bits per heavy atom. The van der Waals surface area contributed by atoms with Crippen molar-refractivity contribution in [2.24, 2.45) is 5.92 Å². The Labute approximate surface area is 192 Å². The third-order valence-electron chi connectivity index (χ3n) is 5.06. The maximum Gasteiger partial charge on any atom is 0.411 e. The van der Waals surface area contributed by atoms with Crippen molar-refractivity contribution in [1.82, 2.24) is 4.90 Å². The van der Waals surface area contributed by atoms with Gasteiger partial charge in [0.2, 0.25) is 5.91 Å². The Morgan fingerprint density at radius 2 is 1.64 bits per heavy atom. The van der Waals surface area contributed by atoms with E-state index < -0.39 is 35.9 Å². The summed E-state index contributed by atoms with van der Waals surface area (Å²) < 4.78 is 9.91. The first-order valence-electron chi connectivity index (χ1n) is 10.4. The second-order valence-electron chi connectivity index (χ2n) is 7.35. The standard InChI is InChI=1S/C24H28N2O7/c1-4-20(22(28)29)21(27)26(16(2)23(30)32-3)14-17-10-12-19(13-11-17)25-24(31)33-15-18-8-6-5-7-9-18/h5-13,16,20H,4,14-15H2,1-3H3,(H,25,31)(H,28,29). The van der Waals surface area contributed by atoms with E-state index in [1.165, 1.54) is 18.9 Å². The van der Waals surface area contributed by atoms with E-state index in [1.807, 2.05) is 30.3 Å². The van der Waals surface area contributed by atoms with Crippen LogP contribution in [-0.4, -0.2) is 47.1 Å². The average molecular weight is 456 g/mol. The molecule has 9 nitrogen and oxygen atoms in total. The fraction of sp³-hybridized carbons (Fsp3) is 0.333. The van der Waals surface area contributed by atoms with Gasteiger partial charge in [-0.1, -0.05) is 49.4 Å². The van der Waals surface area contributed by atoms with Crippen molar-refractivity contribution >= 4 is 29.6 Å². The maximum atomic E-state index is 12.8. The van der Waals surface area contributed by atoms with Gasteiger partial charge in [0.05, 0.1) is 7.11 Å². The summed E-state index contributed by atoms with van der Waals surface area (Å²) in [6.45, 7) is 3.21. The Balaban J connectivity index is 2.06. The number of anilines is 1. The van der Waals surface area contributed by atoms with Crippen LogP contribution in [0.4, 0.5) is 10.5 Å². The molecule has 2 rings (SSSR count). The van der Waals surface area contributed by atoms with Gasteiger partial charge in [-0.05, 0) is 36.6 Å². The molecule has 0 bridgehead atoms. The van der Waals surface area contributed by atoms with E-state index in [-0.39, 0.29) is 19.6 Å². The minimum absolute atomic E-state index is 0.00237. The zero-order valence-corrected chi connectivity index (χ0v) is 18.8. The third kappa shape index (κ3) is 7.34. The molecular formula is C24H28N2O7. The largest absolute Gasteiger partial charge is 0.481 e. The normalized spacial score (nSPS) is 12.2. The molecule has 33 heavy (non-hydrogen) atoms. The summed E-state index contributed by atoms with van der Waals surface area (Å²) in [6.07, 6.45) is -0.526. The molecular weight excluding hydrogens is 428 g/mol. The molecule has 0 aliphatic rings. The van der Waals surface area contributed by atoms with E-state index in [1.54, 1.807) is 31.2 Å². The molecule has 0 saturated heterocycles. The van der Waals surface area contributed by atoms with E-state index in [9.17, 15) is 24.3 Å². The highest BCUT2D eigenvalue weighted by atomic mass is 16.5. The molecule has 0 heterocycles. The second kappa shape index (κ2) is 12.2. The summed E-state index contributed by atoms with van der Waals surface area (Å²) in [6, 6.07) is 14.9. The van der Waals surface area contributed by atoms with Crippen molar-refractivity contribution in [1.29, 1.82) is 0 Å². The molecule has 0 saturated carbocycles. The highest BCUT2D eigenvalue weighted by Crippen LogP contribution is 2.18. The number of carboxylic acid groups (broad SMARTS) is 1. The van der Waals surface area contributed by atoms with Gasteiger partial charge in [-0.3, -0.25) is 14.9 Å². The fourth-order valence-corrected chi connectivity index (χ4v) is 3.13. The molecule has 176 valence electrons. The molecule has 0 radical (unpaired) electrons. The van der Waals surface area contributed by atoms with Gasteiger partial charge in [0.15, 0.2) is 0 Å². The van der Waals surface area contributed by atoms with Gasteiger partial charge in [-0.25, -0.2) is 9.59 Å². The van der Waals surface area contributed by atoms with E-state index in [4.69, 9.17) is 9.47 Å². The van der Waals surface area contributed by atoms with Crippen LogP contribution in [0.2, 0.25) is 0 Å². The zero-order valence-electron chi connectivity index (χ0n) is 18.8. The number of aliphatic carboxylic acids is 1. The maximum absolute atomic E-state index is 12.8. The molecule has 2 N–H and O–H groups in total. The monoisotopic (exact) mass is 456 g/mol. The highest BCUT2D eigenvalue weighted by molar-refractivity contribution is 5.98. The molecule has 9 heteroatoms. The van der Waals surface area contributed by atoms with Crippen LogP contribution >= 0.6 is 0 Å². The van der Waals surface area contributed by atoms with Gasteiger partial charge in [0.1, 0.15) is 18.6 Å². The van der Waals surface area contributed by atoms with Crippen molar-refractivity contribution in [2.75, 3.05) is 12.4 Å². The number of nitrogens with one attached hydrogen (secondary N) is 1. The number of nitrogens with zero attached hydrogens (tertiary/aromatic N) is 1. The zero-order chi connectivity index (χ0) is 24.4. The van der Waals surface area contributed by atoms with Crippen LogP contribution in [0.15, 0.2) is 54.6 Å². The number of amides is 2. The Kier molecular flexibility index (Phi) is 9.41. The predicted octanol–water partition coefficient (Wildman–Crippen LogP) is 3.44. The quantitative estimate of drug-likeness (QED) is 0.415. The van der Waals surface area contributed by atoms with Crippen molar-refractivity contribution < 1.29 is 33.8 Å². The number of hydrogen-bond acceptors (Lipinski definition) is 6. The number of carboxylic acids is 1. The average Bonchev–Trinajstić information content (AvgIpc) is 2.82. The van der Waals surface area contributed by atoms with Crippen LogP contribution in [0.25, 0.3) is 0 Å². The van der Waals surface area contributed by atoms with Crippen molar-refractivity contribution in [3.8, 4) is 0 Å². The number of benzene rings is 2. The summed E-state index contributed by atoms with van der Waals surface area (Å²) in [5.41, 5.74) is 1.98. The molecule has 0 aromatic heterocycles. The van der Waals surface area contributed by atoms with Crippen LogP contribution in [0, 0.1) is 5.92 Å². The molecule has 2 unspecified atom stereocenters. The molecule has 0 spiro atoms. The van der Waals surface area contributed by atoms with Gasteiger partial charge in [-0.2, -0.15) is 0 Å². The SMILES string of the molecule is CCC(C(=O)O)C(=O)N(Cc1ccc(NC(=O)OCc2ccccc2)cc1)C(C)C(=O)OC. The van der Waals surface area contributed by atoms with E-state index in [0.717, 1.165) is 5.56 Å². The Bertz CT molecular complexity index is 961. The van der Waals surface area contributed by atoms with E-state index >= 15 is 0 Å². The van der Waals surface area contributed by atoms with Gasteiger partial charge < -0.3 is 19.5 Å². The van der Waals surface area contributed by atoms with E-state index in [2.05, 4.69) is 5.32 Å². The number of rotatable bonds is 10. The summed E-state index contributed by atoms with van der Waals surface area (Å²) in [5, 5.41) is 12.0. The minimum Gasteiger partial charge on any atom is -0.481 e. The lowest BCUT2D eigenvalue weighted by Gasteiger charge is -2.29. The summed E-state index contributed by atoms with van der Waals surface area (Å²) in [5.74, 6) is -3.84. The van der Waals surface area contributed by atoms with Crippen molar-refractivity contribution in [2.45, 2.75) is 39.5 Å².